The minimum atomic E-state index is -0.645. The van der Waals surface area contributed by atoms with Crippen molar-refractivity contribution in [1.82, 2.24) is 20.9 Å². The van der Waals surface area contributed by atoms with Crippen LogP contribution in [0.4, 0.5) is 4.79 Å². The summed E-state index contributed by atoms with van der Waals surface area (Å²) < 4.78 is 10.6. The number of ether oxygens (including phenoxy) is 1. The van der Waals surface area contributed by atoms with Gasteiger partial charge in [0.2, 0.25) is 11.7 Å². The molecule has 3 aromatic carbocycles. The van der Waals surface area contributed by atoms with Gasteiger partial charge in [0.1, 0.15) is 12.9 Å². The summed E-state index contributed by atoms with van der Waals surface area (Å²) in [5.74, 6) is -1.84. The number of oxazole rings is 1. The highest BCUT2D eigenvalue weighted by Gasteiger charge is 2.27. The molecule has 0 saturated heterocycles. The van der Waals surface area contributed by atoms with Crippen molar-refractivity contribution in [2.75, 3.05) is 13.1 Å². The SMILES string of the molecule is CC(CCNC(=O)OCc1ccccc1)CC(=O)NCCC(C(=O)c1nc(C(=O)NCc2ccc(Cl)cc2)co1)c1ccccc1. The third-order valence-corrected chi connectivity index (χ3v) is 7.49. The summed E-state index contributed by atoms with van der Waals surface area (Å²) in [7, 11) is 0. The van der Waals surface area contributed by atoms with Gasteiger partial charge < -0.3 is 25.1 Å². The van der Waals surface area contributed by atoms with E-state index in [2.05, 4.69) is 20.9 Å². The lowest BCUT2D eigenvalue weighted by Crippen LogP contribution is -2.30. The second kappa shape index (κ2) is 17.5. The molecule has 2 unspecified atom stereocenters. The summed E-state index contributed by atoms with van der Waals surface area (Å²) in [6.07, 6.45) is 1.82. The van der Waals surface area contributed by atoms with Crippen LogP contribution in [0, 0.1) is 5.92 Å². The summed E-state index contributed by atoms with van der Waals surface area (Å²) in [6.45, 7) is 3.00. The first-order chi connectivity index (χ1) is 22.3. The number of benzene rings is 3. The second-order valence-corrected chi connectivity index (χ2v) is 11.3. The van der Waals surface area contributed by atoms with Crippen LogP contribution in [0.1, 0.15) is 70.0 Å². The van der Waals surface area contributed by atoms with Crippen molar-refractivity contribution in [2.45, 2.75) is 45.3 Å². The number of carbonyl (C=O) groups excluding carboxylic acids is 4. The average Bonchev–Trinajstić information content (AvgIpc) is 3.57. The van der Waals surface area contributed by atoms with Crippen LogP contribution in [-0.2, 0) is 22.7 Å². The maximum absolute atomic E-state index is 13.5. The molecule has 0 aliphatic carbocycles. The van der Waals surface area contributed by atoms with Crippen molar-refractivity contribution in [1.29, 1.82) is 0 Å². The van der Waals surface area contributed by atoms with E-state index in [9.17, 15) is 19.2 Å². The molecule has 4 rings (SSSR count). The van der Waals surface area contributed by atoms with Gasteiger partial charge in [0.25, 0.3) is 11.8 Å². The molecule has 4 aromatic rings. The zero-order chi connectivity index (χ0) is 32.7. The molecule has 11 heteroatoms. The average molecular weight is 645 g/mol. The number of nitrogens with zero attached hydrogens (tertiary/aromatic N) is 1. The molecular weight excluding hydrogens is 608 g/mol. The van der Waals surface area contributed by atoms with Crippen LogP contribution >= 0.6 is 11.6 Å². The molecule has 240 valence electrons. The predicted octanol–water partition coefficient (Wildman–Crippen LogP) is 6.07. The number of rotatable bonds is 16. The fraction of sp³-hybridized carbons (Fsp3) is 0.286. The summed E-state index contributed by atoms with van der Waals surface area (Å²) in [5, 5.41) is 8.95. The fourth-order valence-electron chi connectivity index (χ4n) is 4.69. The van der Waals surface area contributed by atoms with E-state index in [1.54, 1.807) is 24.3 Å². The molecule has 0 aliphatic rings. The normalized spacial score (nSPS) is 12.0. The first-order valence-corrected chi connectivity index (χ1v) is 15.4. The molecule has 3 N–H and O–H groups in total. The van der Waals surface area contributed by atoms with Crippen LogP contribution < -0.4 is 16.0 Å². The Balaban J connectivity index is 1.22. The molecule has 10 nitrogen and oxygen atoms in total. The molecule has 2 atom stereocenters. The summed E-state index contributed by atoms with van der Waals surface area (Å²) in [5.41, 5.74) is 2.49. The van der Waals surface area contributed by atoms with Gasteiger partial charge >= 0.3 is 6.09 Å². The number of aromatic nitrogens is 1. The number of nitrogens with one attached hydrogen (secondary N) is 3. The Kier molecular flexibility index (Phi) is 12.9. The lowest BCUT2D eigenvalue weighted by molar-refractivity contribution is -0.121. The highest BCUT2D eigenvalue weighted by Crippen LogP contribution is 2.24. The van der Waals surface area contributed by atoms with Gasteiger partial charge in [-0.2, -0.15) is 0 Å². The van der Waals surface area contributed by atoms with E-state index in [0.717, 1.165) is 23.0 Å². The molecule has 1 heterocycles. The number of ketones is 1. The molecule has 46 heavy (non-hydrogen) atoms. The van der Waals surface area contributed by atoms with Gasteiger partial charge in [-0.15, -0.1) is 0 Å². The topological polar surface area (TPSA) is 140 Å². The molecule has 0 radical (unpaired) electrons. The number of amides is 3. The molecule has 0 spiro atoms. The standard InChI is InChI=1S/C35H37ClN4O6/c1-24(16-18-38-35(44)46-22-26-8-4-2-5-9-26)20-31(41)37-19-17-29(27-10-6-3-7-11-27)32(42)34-40-30(23-45-34)33(43)39-21-25-12-14-28(36)15-13-25/h2-15,23-24,29H,16-22H2,1H3,(H,37,41)(H,38,44)(H,39,43). The maximum atomic E-state index is 13.5. The van der Waals surface area contributed by atoms with Gasteiger partial charge in [0, 0.05) is 31.1 Å². The smallest absolute Gasteiger partial charge is 0.407 e. The maximum Gasteiger partial charge on any atom is 0.407 e. The van der Waals surface area contributed by atoms with Gasteiger partial charge in [-0.05, 0) is 47.6 Å². The summed E-state index contributed by atoms with van der Waals surface area (Å²) in [6, 6.07) is 25.6. The highest BCUT2D eigenvalue weighted by atomic mass is 35.5. The quantitative estimate of drug-likeness (QED) is 0.126. The van der Waals surface area contributed by atoms with Gasteiger partial charge in [-0.3, -0.25) is 14.4 Å². The van der Waals surface area contributed by atoms with Crippen molar-refractivity contribution < 1.29 is 28.3 Å². The van der Waals surface area contributed by atoms with E-state index >= 15 is 0 Å². The van der Waals surface area contributed by atoms with Crippen molar-refractivity contribution >= 4 is 35.3 Å². The Labute approximate surface area is 272 Å². The Bertz CT molecular complexity index is 1580. The Morgan fingerprint density at radius 1 is 0.826 bits per heavy atom. The Morgan fingerprint density at radius 2 is 1.50 bits per heavy atom. The molecule has 1 aromatic heterocycles. The second-order valence-electron chi connectivity index (χ2n) is 10.9. The van der Waals surface area contributed by atoms with E-state index in [-0.39, 0.29) is 49.5 Å². The number of hydrogen-bond donors (Lipinski definition) is 3. The van der Waals surface area contributed by atoms with Crippen LogP contribution in [0.2, 0.25) is 5.02 Å². The monoisotopic (exact) mass is 644 g/mol. The van der Waals surface area contributed by atoms with E-state index in [0.29, 0.717) is 24.4 Å². The zero-order valence-corrected chi connectivity index (χ0v) is 26.3. The van der Waals surface area contributed by atoms with Gasteiger partial charge in [-0.1, -0.05) is 91.3 Å². The molecule has 0 aliphatic heterocycles. The number of carbonyl (C=O) groups is 4. The van der Waals surface area contributed by atoms with Crippen LogP contribution in [0.5, 0.6) is 0 Å². The Hall–Kier alpha value is -4.96. The number of hydrogen-bond acceptors (Lipinski definition) is 7. The zero-order valence-electron chi connectivity index (χ0n) is 25.5. The molecule has 0 saturated carbocycles. The third-order valence-electron chi connectivity index (χ3n) is 7.24. The van der Waals surface area contributed by atoms with E-state index in [4.69, 9.17) is 20.8 Å². The minimum absolute atomic E-state index is 0.00892. The minimum Gasteiger partial charge on any atom is -0.445 e. The van der Waals surface area contributed by atoms with Crippen molar-refractivity contribution in [3.63, 3.8) is 0 Å². The number of alkyl carbamates (subject to hydrolysis) is 1. The highest BCUT2D eigenvalue weighted by molar-refractivity contribution is 6.30. The fourth-order valence-corrected chi connectivity index (χ4v) is 4.82. The van der Waals surface area contributed by atoms with Crippen LogP contribution in [0.25, 0.3) is 0 Å². The largest absolute Gasteiger partial charge is 0.445 e. The first kappa shape index (κ1) is 33.9. The summed E-state index contributed by atoms with van der Waals surface area (Å²) >= 11 is 5.91. The molecule has 0 bridgehead atoms. The van der Waals surface area contributed by atoms with E-state index in [1.165, 1.54) is 0 Å². The third kappa shape index (κ3) is 10.9. The van der Waals surface area contributed by atoms with Crippen molar-refractivity contribution in [3.8, 4) is 0 Å². The predicted molar refractivity (Wildman–Crippen MR) is 173 cm³/mol. The van der Waals surface area contributed by atoms with Crippen LogP contribution in [0.15, 0.2) is 95.6 Å². The first-order valence-electron chi connectivity index (χ1n) is 15.1. The van der Waals surface area contributed by atoms with Crippen LogP contribution in [-0.4, -0.2) is 41.8 Å². The van der Waals surface area contributed by atoms with E-state index in [1.807, 2.05) is 67.6 Å². The van der Waals surface area contributed by atoms with Crippen LogP contribution in [0.3, 0.4) is 0 Å². The summed E-state index contributed by atoms with van der Waals surface area (Å²) in [4.78, 5) is 54.9. The number of Topliss-reactive ketones (excluding diaryl/α,β-unsaturated/α-hetero) is 1. The number of halogens is 1. The van der Waals surface area contributed by atoms with Crippen molar-refractivity contribution in [2.24, 2.45) is 5.92 Å². The van der Waals surface area contributed by atoms with Gasteiger partial charge in [0.15, 0.2) is 5.69 Å². The molecule has 0 fully saturated rings. The molecular formula is C35H37ClN4O6. The van der Waals surface area contributed by atoms with Crippen molar-refractivity contribution in [3.05, 3.63) is 124 Å². The van der Waals surface area contributed by atoms with Gasteiger partial charge in [0.05, 0.1) is 5.92 Å². The molecule has 3 amide bonds. The Morgan fingerprint density at radius 3 is 2.22 bits per heavy atom. The lowest BCUT2D eigenvalue weighted by atomic mass is 9.91. The van der Waals surface area contributed by atoms with Gasteiger partial charge in [-0.25, -0.2) is 9.78 Å². The lowest BCUT2D eigenvalue weighted by Gasteiger charge is -2.16. The van der Waals surface area contributed by atoms with E-state index < -0.39 is 23.7 Å².